The highest BCUT2D eigenvalue weighted by atomic mass is 16.5. The van der Waals surface area contributed by atoms with Crippen molar-refractivity contribution in [3.63, 3.8) is 0 Å². The minimum Gasteiger partial charge on any atom is -0.497 e. The number of aromatic nitrogens is 4. The fourth-order valence-electron chi connectivity index (χ4n) is 3.45. The number of benzene rings is 1. The van der Waals surface area contributed by atoms with Gasteiger partial charge in [-0.2, -0.15) is 0 Å². The summed E-state index contributed by atoms with van der Waals surface area (Å²) in [7, 11) is 1.67. The molecule has 3 aromatic rings. The lowest BCUT2D eigenvalue weighted by molar-refractivity contribution is -0.135. The molecule has 0 saturated heterocycles. The minimum absolute atomic E-state index is 0.284. The molecule has 10 heteroatoms. The molecular weight excluding hydrogens is 414 g/mol. The summed E-state index contributed by atoms with van der Waals surface area (Å²) in [6.45, 7) is 2.17. The first-order valence-corrected chi connectivity index (χ1v) is 10.1. The zero-order valence-electron chi connectivity index (χ0n) is 18.4. The van der Waals surface area contributed by atoms with Gasteiger partial charge < -0.3 is 25.3 Å². The van der Waals surface area contributed by atoms with E-state index >= 15 is 0 Å². The number of imidazole rings is 2. The lowest BCUT2D eigenvalue weighted by atomic mass is 10.2. The van der Waals surface area contributed by atoms with E-state index in [9.17, 15) is 0 Å². The molecule has 10 nitrogen and oxygen atoms in total. The van der Waals surface area contributed by atoms with Crippen molar-refractivity contribution in [1.29, 1.82) is 0 Å². The van der Waals surface area contributed by atoms with Crippen molar-refractivity contribution >= 4 is 11.9 Å². The largest absolute Gasteiger partial charge is 0.497 e. The molecule has 0 aliphatic heterocycles. The molecule has 1 aromatic carbocycles. The second kappa shape index (κ2) is 11.7. The van der Waals surface area contributed by atoms with E-state index in [0.29, 0.717) is 6.04 Å². The third kappa shape index (κ3) is 6.95. The summed E-state index contributed by atoms with van der Waals surface area (Å²) in [5, 5.41) is 14.8. The van der Waals surface area contributed by atoms with E-state index in [2.05, 4.69) is 14.5 Å². The van der Waals surface area contributed by atoms with E-state index in [4.69, 9.17) is 30.3 Å². The fourth-order valence-corrected chi connectivity index (χ4v) is 3.45. The zero-order chi connectivity index (χ0) is 23.7. The smallest absolute Gasteiger partial charge is 0.300 e. The number of hydrogen-bond acceptors (Lipinski definition) is 6. The topological polar surface area (TPSA) is 145 Å². The van der Waals surface area contributed by atoms with Gasteiger partial charge in [0.05, 0.1) is 7.11 Å². The number of carbonyl (C=O) groups is 2. The standard InChI is InChI=1S/C18H21N5O.2C2H4O2/c1-24-16-6-4-14(5-7-16)22-10-8-20-17(22)18-21-9-11-23(18)15-3-2-13(19)12-15;2*1-2(3)4/h4-11,13,15H,2-3,12,19H2,1H3;2*1H3,(H,3,4)/t13-,15+;;/m0../s1. The molecule has 1 fully saturated rings. The van der Waals surface area contributed by atoms with Crippen molar-refractivity contribution in [2.24, 2.45) is 5.73 Å². The Hall–Kier alpha value is -3.66. The van der Waals surface area contributed by atoms with Crippen molar-refractivity contribution < 1.29 is 24.5 Å². The Morgan fingerprint density at radius 1 is 1.00 bits per heavy atom. The Morgan fingerprint density at radius 3 is 2.09 bits per heavy atom. The van der Waals surface area contributed by atoms with Crippen LogP contribution in [0.2, 0.25) is 0 Å². The lowest BCUT2D eigenvalue weighted by Gasteiger charge is -2.16. The maximum atomic E-state index is 9.00. The monoisotopic (exact) mass is 443 g/mol. The van der Waals surface area contributed by atoms with E-state index in [0.717, 1.165) is 56.2 Å². The summed E-state index contributed by atoms with van der Waals surface area (Å²) >= 11 is 0. The van der Waals surface area contributed by atoms with Crippen molar-refractivity contribution in [2.75, 3.05) is 7.11 Å². The van der Waals surface area contributed by atoms with E-state index in [1.807, 2.05) is 47.4 Å². The Morgan fingerprint density at radius 2 is 1.56 bits per heavy atom. The minimum atomic E-state index is -0.833. The van der Waals surface area contributed by atoms with Crippen LogP contribution in [-0.4, -0.2) is 54.4 Å². The van der Waals surface area contributed by atoms with Crippen LogP contribution in [0.4, 0.5) is 0 Å². The van der Waals surface area contributed by atoms with Gasteiger partial charge in [-0.1, -0.05) is 0 Å². The van der Waals surface area contributed by atoms with Gasteiger partial charge in [0.2, 0.25) is 0 Å². The quantitative estimate of drug-likeness (QED) is 0.558. The second-order valence-electron chi connectivity index (χ2n) is 7.24. The van der Waals surface area contributed by atoms with Crippen LogP contribution in [0.1, 0.15) is 39.2 Å². The van der Waals surface area contributed by atoms with Crippen LogP contribution in [0.15, 0.2) is 49.1 Å². The highest BCUT2D eigenvalue weighted by Crippen LogP contribution is 2.32. The fraction of sp³-hybridized carbons (Fsp3) is 0.364. The number of carboxylic acid groups (broad SMARTS) is 2. The van der Waals surface area contributed by atoms with Crippen molar-refractivity contribution in [3.8, 4) is 23.1 Å². The van der Waals surface area contributed by atoms with Gasteiger partial charge in [0.15, 0.2) is 11.6 Å². The van der Waals surface area contributed by atoms with Gasteiger partial charge in [0, 0.05) is 56.4 Å². The van der Waals surface area contributed by atoms with Crippen LogP contribution in [-0.2, 0) is 9.59 Å². The third-order valence-corrected chi connectivity index (χ3v) is 4.70. The number of aliphatic carboxylic acids is 2. The molecule has 1 aliphatic carbocycles. The van der Waals surface area contributed by atoms with Crippen LogP contribution in [0.5, 0.6) is 5.75 Å². The maximum absolute atomic E-state index is 9.00. The Bertz CT molecular complexity index is 992. The van der Waals surface area contributed by atoms with Crippen LogP contribution < -0.4 is 10.5 Å². The normalized spacial score (nSPS) is 16.9. The number of methoxy groups -OCH3 is 1. The zero-order valence-corrected chi connectivity index (χ0v) is 18.4. The van der Waals surface area contributed by atoms with Gasteiger partial charge >= 0.3 is 0 Å². The Kier molecular flexibility index (Phi) is 8.96. The SMILES string of the molecule is CC(=O)O.CC(=O)O.COc1ccc(-n2ccnc2-c2nccn2[C@@H]2CC[C@H](N)C2)cc1. The van der Waals surface area contributed by atoms with E-state index in [1.54, 1.807) is 13.3 Å². The van der Waals surface area contributed by atoms with Crippen molar-refractivity contribution in [3.05, 3.63) is 49.1 Å². The summed E-state index contributed by atoms with van der Waals surface area (Å²) in [5.41, 5.74) is 7.11. The molecule has 0 radical (unpaired) electrons. The predicted molar refractivity (Wildman–Crippen MR) is 119 cm³/mol. The average molecular weight is 444 g/mol. The third-order valence-electron chi connectivity index (χ3n) is 4.70. The molecule has 1 aliphatic rings. The molecule has 1 saturated carbocycles. The molecule has 2 atom stereocenters. The second-order valence-corrected chi connectivity index (χ2v) is 7.24. The van der Waals surface area contributed by atoms with Gasteiger partial charge in [0.25, 0.3) is 11.9 Å². The first-order chi connectivity index (χ1) is 15.2. The first kappa shape index (κ1) is 24.6. The molecule has 0 amide bonds. The van der Waals surface area contributed by atoms with E-state index in [-0.39, 0.29) is 6.04 Å². The Balaban J connectivity index is 0.000000395. The highest BCUT2D eigenvalue weighted by Gasteiger charge is 2.26. The van der Waals surface area contributed by atoms with Crippen molar-refractivity contribution in [1.82, 2.24) is 19.1 Å². The number of rotatable bonds is 4. The number of carboxylic acids is 2. The van der Waals surface area contributed by atoms with E-state index in [1.165, 1.54) is 0 Å². The van der Waals surface area contributed by atoms with Gasteiger partial charge in [-0.25, -0.2) is 9.97 Å². The summed E-state index contributed by atoms with van der Waals surface area (Å²) in [4.78, 5) is 27.1. The van der Waals surface area contributed by atoms with Crippen LogP contribution in [0.25, 0.3) is 17.3 Å². The molecular formula is C22H29N5O5. The molecule has 0 bridgehead atoms. The summed E-state index contributed by atoms with van der Waals surface area (Å²) in [6, 6.07) is 8.61. The van der Waals surface area contributed by atoms with Crippen LogP contribution in [0, 0.1) is 0 Å². The molecule has 0 spiro atoms. The summed E-state index contributed by atoms with van der Waals surface area (Å²) < 4.78 is 9.50. The number of nitrogens with zero attached hydrogens (tertiary/aromatic N) is 4. The van der Waals surface area contributed by atoms with Gasteiger partial charge in [-0.3, -0.25) is 14.2 Å². The molecule has 2 aromatic heterocycles. The van der Waals surface area contributed by atoms with E-state index < -0.39 is 11.9 Å². The summed E-state index contributed by atoms with van der Waals surface area (Å²) in [6.07, 6.45) is 10.8. The average Bonchev–Trinajstić information content (AvgIpc) is 3.47. The molecule has 172 valence electrons. The molecule has 0 unspecified atom stereocenters. The first-order valence-electron chi connectivity index (χ1n) is 10.1. The van der Waals surface area contributed by atoms with Gasteiger partial charge in [-0.05, 0) is 43.5 Å². The maximum Gasteiger partial charge on any atom is 0.300 e. The molecule has 32 heavy (non-hydrogen) atoms. The molecule has 4 N–H and O–H groups in total. The highest BCUT2D eigenvalue weighted by molar-refractivity contribution is 5.63. The predicted octanol–water partition coefficient (Wildman–Crippen LogP) is 2.98. The number of hydrogen-bond donors (Lipinski definition) is 3. The van der Waals surface area contributed by atoms with Crippen LogP contribution in [0.3, 0.4) is 0 Å². The van der Waals surface area contributed by atoms with Crippen LogP contribution >= 0.6 is 0 Å². The van der Waals surface area contributed by atoms with Gasteiger partial charge in [-0.15, -0.1) is 0 Å². The Labute approximate surface area is 186 Å². The number of ether oxygens (including phenoxy) is 1. The van der Waals surface area contributed by atoms with Crippen molar-refractivity contribution in [2.45, 2.75) is 45.2 Å². The van der Waals surface area contributed by atoms with Gasteiger partial charge in [0.1, 0.15) is 5.75 Å². The molecule has 2 heterocycles. The molecule has 4 rings (SSSR count). The number of nitrogens with two attached hydrogens (primary N) is 1. The summed E-state index contributed by atoms with van der Waals surface area (Å²) in [5.74, 6) is 0.891. The lowest BCUT2D eigenvalue weighted by Crippen LogP contribution is -2.16.